The summed E-state index contributed by atoms with van der Waals surface area (Å²) < 4.78 is 10.0. The number of nitrogens with zero attached hydrogens (tertiary/aromatic N) is 1. The number of ether oxygens (including phenoxy) is 2. The standard InChI is InChI=1S/C11H15NO4/c1-2-15-11(14)9-4-5-10(12-8-9)16-7-3-6-13/h4-5,8,13H,2-3,6-7H2,1H3. The van der Waals surface area contributed by atoms with Gasteiger partial charge in [-0.2, -0.15) is 0 Å². The molecule has 88 valence electrons. The Kier molecular flexibility index (Phi) is 5.28. The predicted octanol–water partition coefficient (Wildman–Crippen LogP) is 1.02. The smallest absolute Gasteiger partial charge is 0.339 e. The number of esters is 1. The molecule has 0 aliphatic heterocycles. The van der Waals surface area contributed by atoms with Gasteiger partial charge in [0.05, 0.1) is 18.8 Å². The molecule has 1 aromatic heterocycles. The number of rotatable bonds is 6. The van der Waals surface area contributed by atoms with Gasteiger partial charge in [-0.1, -0.05) is 0 Å². The zero-order valence-electron chi connectivity index (χ0n) is 9.18. The third-order valence-electron chi connectivity index (χ3n) is 1.80. The van der Waals surface area contributed by atoms with E-state index in [0.29, 0.717) is 31.1 Å². The summed E-state index contributed by atoms with van der Waals surface area (Å²) in [6, 6.07) is 3.20. The third-order valence-corrected chi connectivity index (χ3v) is 1.80. The van der Waals surface area contributed by atoms with Gasteiger partial charge in [-0.15, -0.1) is 0 Å². The molecule has 0 aliphatic rings. The van der Waals surface area contributed by atoms with Gasteiger partial charge in [0, 0.05) is 25.3 Å². The van der Waals surface area contributed by atoms with Crippen LogP contribution in [0.5, 0.6) is 5.88 Å². The second kappa shape index (κ2) is 6.79. The molecule has 0 spiro atoms. The van der Waals surface area contributed by atoms with Gasteiger partial charge >= 0.3 is 5.97 Å². The number of aromatic nitrogens is 1. The molecule has 0 radical (unpaired) electrons. The molecule has 1 aromatic rings. The molecule has 0 atom stereocenters. The Morgan fingerprint density at radius 3 is 2.88 bits per heavy atom. The summed E-state index contributed by atoms with van der Waals surface area (Å²) in [5, 5.41) is 8.56. The minimum atomic E-state index is -0.392. The van der Waals surface area contributed by atoms with Crippen molar-refractivity contribution in [3.63, 3.8) is 0 Å². The first-order valence-electron chi connectivity index (χ1n) is 5.14. The Hall–Kier alpha value is -1.62. The van der Waals surface area contributed by atoms with Crippen molar-refractivity contribution in [1.29, 1.82) is 0 Å². The molecule has 0 saturated carbocycles. The van der Waals surface area contributed by atoms with Crippen LogP contribution >= 0.6 is 0 Å². The molecule has 1 heterocycles. The van der Waals surface area contributed by atoms with Gasteiger partial charge in [0.1, 0.15) is 0 Å². The molecule has 0 aromatic carbocycles. The van der Waals surface area contributed by atoms with E-state index in [1.807, 2.05) is 0 Å². The number of hydrogen-bond donors (Lipinski definition) is 1. The van der Waals surface area contributed by atoms with Gasteiger partial charge in [-0.25, -0.2) is 9.78 Å². The Balaban J connectivity index is 2.50. The maximum absolute atomic E-state index is 11.3. The quantitative estimate of drug-likeness (QED) is 0.578. The van der Waals surface area contributed by atoms with Crippen LogP contribution in [0.15, 0.2) is 18.3 Å². The maximum atomic E-state index is 11.3. The average molecular weight is 225 g/mol. The summed E-state index contributed by atoms with van der Waals surface area (Å²) in [6.07, 6.45) is 1.97. The Labute approximate surface area is 94.0 Å². The molecular weight excluding hydrogens is 210 g/mol. The zero-order valence-corrected chi connectivity index (χ0v) is 9.18. The van der Waals surface area contributed by atoms with Crippen LogP contribution in [-0.2, 0) is 4.74 Å². The molecule has 0 amide bonds. The predicted molar refractivity (Wildman–Crippen MR) is 57.4 cm³/mol. The van der Waals surface area contributed by atoms with Crippen LogP contribution in [0.4, 0.5) is 0 Å². The Morgan fingerprint density at radius 2 is 2.31 bits per heavy atom. The van der Waals surface area contributed by atoms with Crippen LogP contribution < -0.4 is 4.74 Å². The Morgan fingerprint density at radius 1 is 1.50 bits per heavy atom. The fourth-order valence-corrected chi connectivity index (χ4v) is 1.04. The van der Waals surface area contributed by atoms with Gasteiger partial charge in [-0.3, -0.25) is 0 Å². The van der Waals surface area contributed by atoms with Crippen LogP contribution in [-0.4, -0.2) is 35.9 Å². The summed E-state index contributed by atoms with van der Waals surface area (Å²) in [5.74, 6) is 0.0402. The molecule has 0 saturated heterocycles. The number of aliphatic hydroxyl groups is 1. The lowest BCUT2D eigenvalue weighted by Gasteiger charge is -2.04. The summed E-state index contributed by atoms with van der Waals surface area (Å²) >= 11 is 0. The number of pyridine rings is 1. The lowest BCUT2D eigenvalue weighted by atomic mass is 10.3. The van der Waals surface area contributed by atoms with E-state index >= 15 is 0 Å². The topological polar surface area (TPSA) is 68.7 Å². The number of aliphatic hydroxyl groups excluding tert-OH is 1. The third kappa shape index (κ3) is 3.86. The van der Waals surface area contributed by atoms with Crippen molar-refractivity contribution in [3.8, 4) is 5.88 Å². The molecule has 0 aliphatic carbocycles. The summed E-state index contributed by atoms with van der Waals surface area (Å²) in [7, 11) is 0. The van der Waals surface area contributed by atoms with Crippen LogP contribution in [0, 0.1) is 0 Å². The zero-order chi connectivity index (χ0) is 11.8. The SMILES string of the molecule is CCOC(=O)c1ccc(OCCCO)nc1. The van der Waals surface area contributed by atoms with Gasteiger partial charge in [0.2, 0.25) is 5.88 Å². The fraction of sp³-hybridized carbons (Fsp3) is 0.455. The minimum absolute atomic E-state index is 0.0842. The van der Waals surface area contributed by atoms with Crippen molar-refractivity contribution in [3.05, 3.63) is 23.9 Å². The van der Waals surface area contributed by atoms with Crippen molar-refractivity contribution >= 4 is 5.97 Å². The highest BCUT2D eigenvalue weighted by atomic mass is 16.5. The van der Waals surface area contributed by atoms with E-state index in [4.69, 9.17) is 14.6 Å². The lowest BCUT2D eigenvalue weighted by Crippen LogP contribution is -2.06. The summed E-state index contributed by atoms with van der Waals surface area (Å²) in [6.45, 7) is 2.58. The first-order valence-corrected chi connectivity index (χ1v) is 5.14. The van der Waals surface area contributed by atoms with E-state index in [1.165, 1.54) is 6.20 Å². The number of carbonyl (C=O) groups is 1. The van der Waals surface area contributed by atoms with E-state index in [1.54, 1.807) is 19.1 Å². The first-order chi connectivity index (χ1) is 7.77. The highest BCUT2D eigenvalue weighted by molar-refractivity contribution is 5.89. The second-order valence-corrected chi connectivity index (χ2v) is 3.03. The minimum Gasteiger partial charge on any atom is -0.478 e. The van der Waals surface area contributed by atoms with Crippen molar-refractivity contribution in [2.24, 2.45) is 0 Å². The second-order valence-electron chi connectivity index (χ2n) is 3.03. The van der Waals surface area contributed by atoms with Crippen LogP contribution in [0.25, 0.3) is 0 Å². The maximum Gasteiger partial charge on any atom is 0.339 e. The largest absolute Gasteiger partial charge is 0.478 e. The lowest BCUT2D eigenvalue weighted by molar-refractivity contribution is 0.0526. The van der Waals surface area contributed by atoms with Gasteiger partial charge in [0.15, 0.2) is 0 Å². The number of hydrogen-bond acceptors (Lipinski definition) is 5. The monoisotopic (exact) mass is 225 g/mol. The van der Waals surface area contributed by atoms with E-state index in [0.717, 1.165) is 0 Å². The molecule has 16 heavy (non-hydrogen) atoms. The number of carbonyl (C=O) groups excluding carboxylic acids is 1. The van der Waals surface area contributed by atoms with Crippen molar-refractivity contribution in [2.75, 3.05) is 19.8 Å². The molecule has 0 bridgehead atoms. The molecule has 5 nitrogen and oxygen atoms in total. The highest BCUT2D eigenvalue weighted by Gasteiger charge is 2.06. The van der Waals surface area contributed by atoms with E-state index in [2.05, 4.69) is 4.98 Å². The van der Waals surface area contributed by atoms with Crippen LogP contribution in [0.1, 0.15) is 23.7 Å². The van der Waals surface area contributed by atoms with E-state index in [9.17, 15) is 4.79 Å². The Bertz CT molecular complexity index is 323. The summed E-state index contributed by atoms with van der Waals surface area (Å²) in [4.78, 5) is 15.2. The van der Waals surface area contributed by atoms with Gasteiger partial charge in [0.25, 0.3) is 0 Å². The van der Waals surface area contributed by atoms with Gasteiger partial charge in [-0.05, 0) is 13.0 Å². The van der Waals surface area contributed by atoms with Crippen molar-refractivity contribution in [1.82, 2.24) is 4.98 Å². The van der Waals surface area contributed by atoms with Crippen molar-refractivity contribution in [2.45, 2.75) is 13.3 Å². The van der Waals surface area contributed by atoms with E-state index in [-0.39, 0.29) is 6.61 Å². The van der Waals surface area contributed by atoms with E-state index < -0.39 is 5.97 Å². The average Bonchev–Trinajstić information content (AvgIpc) is 2.30. The summed E-state index contributed by atoms with van der Waals surface area (Å²) in [5.41, 5.74) is 0.399. The molecule has 1 N–H and O–H groups in total. The highest BCUT2D eigenvalue weighted by Crippen LogP contribution is 2.08. The molecule has 0 unspecified atom stereocenters. The normalized spacial score (nSPS) is 9.88. The fourth-order valence-electron chi connectivity index (χ4n) is 1.04. The van der Waals surface area contributed by atoms with Crippen molar-refractivity contribution < 1.29 is 19.4 Å². The molecule has 0 fully saturated rings. The van der Waals surface area contributed by atoms with Gasteiger partial charge < -0.3 is 14.6 Å². The first kappa shape index (κ1) is 12.4. The molecular formula is C11H15NO4. The molecule has 1 rings (SSSR count). The van der Waals surface area contributed by atoms with Crippen LogP contribution in [0.2, 0.25) is 0 Å². The molecule has 5 heteroatoms. The van der Waals surface area contributed by atoms with Crippen LogP contribution in [0.3, 0.4) is 0 Å².